The fourth-order valence-corrected chi connectivity index (χ4v) is 3.65. The highest BCUT2D eigenvalue weighted by atomic mass is 19.1. The number of nitrogens with zero attached hydrogens (tertiary/aromatic N) is 1. The number of nitrogens with one attached hydrogen (secondary N) is 3. The number of likely N-dealkylation sites (tertiary alicyclic amines) is 1. The van der Waals surface area contributed by atoms with E-state index in [-0.39, 0.29) is 30.4 Å². The van der Waals surface area contributed by atoms with Gasteiger partial charge >= 0.3 is 6.03 Å². The highest BCUT2D eigenvalue weighted by Crippen LogP contribution is 2.17. The normalized spacial score (nSPS) is 15.6. The summed E-state index contributed by atoms with van der Waals surface area (Å²) < 4.78 is 39.8. The van der Waals surface area contributed by atoms with Crippen LogP contribution in [0.4, 0.5) is 23.7 Å². The van der Waals surface area contributed by atoms with Gasteiger partial charge in [-0.2, -0.15) is 0 Å². The largest absolute Gasteiger partial charge is 0.351 e. The number of piperidine rings is 1. The Labute approximate surface area is 189 Å². The first-order valence-corrected chi connectivity index (χ1v) is 10.6. The Morgan fingerprint density at radius 2 is 1.79 bits per heavy atom. The van der Waals surface area contributed by atoms with Crippen LogP contribution in [0, 0.1) is 23.4 Å². The van der Waals surface area contributed by atoms with E-state index in [4.69, 9.17) is 0 Å². The number of carbonyl (C=O) groups excluding carboxylic acids is 3. The van der Waals surface area contributed by atoms with Crippen molar-refractivity contribution in [1.82, 2.24) is 15.5 Å². The molecule has 0 spiro atoms. The van der Waals surface area contributed by atoms with Crippen molar-refractivity contribution in [3.63, 3.8) is 0 Å². The summed E-state index contributed by atoms with van der Waals surface area (Å²) in [6, 6.07) is 7.77. The molecule has 1 aliphatic heterocycles. The highest BCUT2D eigenvalue weighted by Gasteiger charge is 2.24. The summed E-state index contributed by atoms with van der Waals surface area (Å²) in [5.41, 5.74) is 0.0555. The number of urea groups is 1. The van der Waals surface area contributed by atoms with Crippen LogP contribution >= 0.6 is 0 Å². The summed E-state index contributed by atoms with van der Waals surface area (Å²) in [5, 5.41) is 7.76. The molecule has 3 N–H and O–H groups in total. The Hall–Kier alpha value is -3.56. The van der Waals surface area contributed by atoms with Crippen LogP contribution in [0.2, 0.25) is 0 Å². The van der Waals surface area contributed by atoms with E-state index in [1.165, 1.54) is 18.2 Å². The van der Waals surface area contributed by atoms with E-state index < -0.39 is 29.4 Å². The maximum absolute atomic E-state index is 13.7. The molecule has 176 valence electrons. The molecular formula is C23H25F3N4O3. The first-order valence-electron chi connectivity index (χ1n) is 10.6. The lowest BCUT2D eigenvalue weighted by atomic mass is 9.97. The summed E-state index contributed by atoms with van der Waals surface area (Å²) in [6.07, 6.45) is 1.65. The summed E-state index contributed by atoms with van der Waals surface area (Å²) in [5.74, 6) is -3.02. The monoisotopic (exact) mass is 462 g/mol. The van der Waals surface area contributed by atoms with Gasteiger partial charge in [-0.25, -0.2) is 18.0 Å². The summed E-state index contributed by atoms with van der Waals surface area (Å²) >= 11 is 0. The van der Waals surface area contributed by atoms with Crippen LogP contribution in [0.1, 0.15) is 29.6 Å². The second-order valence-electron chi connectivity index (χ2n) is 7.82. The van der Waals surface area contributed by atoms with Gasteiger partial charge < -0.3 is 20.9 Å². The average molecular weight is 462 g/mol. The molecule has 1 unspecified atom stereocenters. The van der Waals surface area contributed by atoms with Crippen LogP contribution in [0.25, 0.3) is 0 Å². The van der Waals surface area contributed by atoms with E-state index >= 15 is 0 Å². The number of carbonyl (C=O) groups is 3. The highest BCUT2D eigenvalue weighted by molar-refractivity contribution is 5.94. The van der Waals surface area contributed by atoms with Gasteiger partial charge in [-0.3, -0.25) is 9.59 Å². The molecule has 2 aromatic rings. The molecule has 0 radical (unpaired) electrons. The topological polar surface area (TPSA) is 90.5 Å². The van der Waals surface area contributed by atoms with Crippen molar-refractivity contribution in [2.75, 3.05) is 31.5 Å². The molecule has 1 atom stereocenters. The molecule has 7 nitrogen and oxygen atoms in total. The fraction of sp³-hybridized carbons (Fsp3) is 0.348. The van der Waals surface area contributed by atoms with Gasteiger partial charge in [0.05, 0.1) is 5.56 Å². The quantitative estimate of drug-likeness (QED) is 0.590. The smallest absolute Gasteiger partial charge is 0.319 e. The lowest BCUT2D eigenvalue weighted by Gasteiger charge is -2.33. The van der Waals surface area contributed by atoms with Crippen molar-refractivity contribution >= 4 is 23.5 Å². The van der Waals surface area contributed by atoms with Crippen LogP contribution < -0.4 is 16.0 Å². The molecule has 1 heterocycles. The lowest BCUT2D eigenvalue weighted by molar-refractivity contribution is -0.132. The second kappa shape index (κ2) is 11.3. The Kier molecular flexibility index (Phi) is 8.28. The van der Waals surface area contributed by atoms with Gasteiger partial charge in [-0.05, 0) is 49.1 Å². The third kappa shape index (κ3) is 7.23. The van der Waals surface area contributed by atoms with Crippen molar-refractivity contribution in [3.05, 3.63) is 65.5 Å². The zero-order chi connectivity index (χ0) is 23.8. The van der Waals surface area contributed by atoms with E-state index in [9.17, 15) is 27.6 Å². The summed E-state index contributed by atoms with van der Waals surface area (Å²) in [4.78, 5) is 38.2. The summed E-state index contributed by atoms with van der Waals surface area (Å²) in [6.45, 7) is 1.40. The Morgan fingerprint density at radius 1 is 1.00 bits per heavy atom. The number of halogens is 3. The molecule has 1 fully saturated rings. The molecule has 0 saturated carbocycles. The third-order valence-electron chi connectivity index (χ3n) is 5.31. The van der Waals surface area contributed by atoms with Gasteiger partial charge in [0.15, 0.2) is 0 Å². The van der Waals surface area contributed by atoms with Gasteiger partial charge in [0.1, 0.15) is 17.5 Å². The molecule has 33 heavy (non-hydrogen) atoms. The zero-order valence-corrected chi connectivity index (χ0v) is 17.9. The van der Waals surface area contributed by atoms with Gasteiger partial charge in [0.25, 0.3) is 5.91 Å². The standard InChI is InChI=1S/C23H25F3N4O3/c24-16-4-1-5-18(11-16)29-23(33)28-13-15-3-2-10-30(14-15)21(31)8-9-27-22(32)19-7-6-17(25)12-20(19)26/h1,4-7,11-12,15H,2-3,8-10,13-14H2,(H,27,32)(H2,28,29,33). The van der Waals surface area contributed by atoms with Gasteiger partial charge in [-0.15, -0.1) is 0 Å². The molecule has 4 amide bonds. The first kappa shape index (κ1) is 24.1. The van der Waals surface area contributed by atoms with Crippen LogP contribution in [0.15, 0.2) is 42.5 Å². The minimum absolute atomic E-state index is 0.0178. The SMILES string of the molecule is O=C(NCC1CCCN(C(=O)CCNC(=O)c2ccc(F)cc2F)C1)Nc1cccc(F)c1. The van der Waals surface area contributed by atoms with E-state index in [1.54, 1.807) is 11.0 Å². The minimum atomic E-state index is -0.966. The molecule has 0 bridgehead atoms. The average Bonchev–Trinajstić information content (AvgIpc) is 2.77. The second-order valence-corrected chi connectivity index (χ2v) is 7.82. The maximum atomic E-state index is 13.7. The Bertz CT molecular complexity index is 1020. The third-order valence-corrected chi connectivity index (χ3v) is 5.31. The molecular weight excluding hydrogens is 437 g/mol. The van der Waals surface area contributed by atoms with Crippen molar-refractivity contribution in [1.29, 1.82) is 0 Å². The zero-order valence-electron chi connectivity index (χ0n) is 17.9. The lowest BCUT2D eigenvalue weighted by Crippen LogP contribution is -2.45. The molecule has 1 saturated heterocycles. The number of hydrogen-bond acceptors (Lipinski definition) is 3. The number of amides is 4. The van der Waals surface area contributed by atoms with Crippen molar-refractivity contribution in [2.45, 2.75) is 19.3 Å². The van der Waals surface area contributed by atoms with Crippen LogP contribution in [0.3, 0.4) is 0 Å². The van der Waals surface area contributed by atoms with Crippen LogP contribution in [0.5, 0.6) is 0 Å². The number of hydrogen-bond donors (Lipinski definition) is 3. The van der Waals surface area contributed by atoms with Crippen molar-refractivity contribution < 1.29 is 27.6 Å². The molecule has 0 aliphatic carbocycles. The maximum Gasteiger partial charge on any atom is 0.319 e. The predicted molar refractivity (Wildman–Crippen MR) is 116 cm³/mol. The number of benzene rings is 2. The molecule has 10 heteroatoms. The van der Waals surface area contributed by atoms with E-state index in [2.05, 4.69) is 16.0 Å². The van der Waals surface area contributed by atoms with Crippen LogP contribution in [-0.2, 0) is 4.79 Å². The first-order chi connectivity index (χ1) is 15.8. The van der Waals surface area contributed by atoms with E-state index in [0.717, 1.165) is 25.0 Å². The van der Waals surface area contributed by atoms with Gasteiger partial charge in [0, 0.05) is 44.4 Å². The number of anilines is 1. The van der Waals surface area contributed by atoms with Crippen molar-refractivity contribution in [2.24, 2.45) is 5.92 Å². The van der Waals surface area contributed by atoms with Crippen molar-refractivity contribution in [3.8, 4) is 0 Å². The van der Waals surface area contributed by atoms with E-state index in [0.29, 0.717) is 31.4 Å². The molecule has 1 aliphatic rings. The molecule has 0 aromatic heterocycles. The Morgan fingerprint density at radius 3 is 2.55 bits per heavy atom. The molecule has 2 aromatic carbocycles. The van der Waals surface area contributed by atoms with Gasteiger partial charge in [-0.1, -0.05) is 6.07 Å². The fourth-order valence-electron chi connectivity index (χ4n) is 3.65. The molecule has 3 rings (SSSR count). The minimum Gasteiger partial charge on any atom is -0.351 e. The van der Waals surface area contributed by atoms with Gasteiger partial charge in [0.2, 0.25) is 5.91 Å². The van der Waals surface area contributed by atoms with Crippen LogP contribution in [-0.4, -0.2) is 48.9 Å². The number of rotatable bonds is 7. The Balaban J connectivity index is 1.39. The summed E-state index contributed by atoms with van der Waals surface area (Å²) in [7, 11) is 0. The predicted octanol–water partition coefficient (Wildman–Crippen LogP) is 3.28. The van der Waals surface area contributed by atoms with E-state index in [1.807, 2.05) is 0 Å².